The molecule has 7 N–H and O–H groups in total. The van der Waals surface area contributed by atoms with Crippen molar-refractivity contribution in [1.29, 1.82) is 0 Å². The van der Waals surface area contributed by atoms with Gasteiger partial charge in [0.05, 0.1) is 25.1 Å². The molecular weight excluding hydrogens is 496 g/mol. The first-order valence-corrected chi connectivity index (χ1v) is 12.1. The Bertz CT molecular complexity index is 1110. The molecule has 0 bridgehead atoms. The maximum absolute atomic E-state index is 11.4. The van der Waals surface area contributed by atoms with Crippen LogP contribution in [0.25, 0.3) is 11.2 Å². The van der Waals surface area contributed by atoms with Crippen LogP contribution in [-0.4, -0.2) is 75.2 Å². The lowest BCUT2D eigenvalue weighted by Gasteiger charge is -2.18. The molecule has 38 heavy (non-hydrogen) atoms. The van der Waals surface area contributed by atoms with Crippen LogP contribution in [0.2, 0.25) is 0 Å². The molecule has 0 radical (unpaired) electrons. The molecule has 0 spiro atoms. The van der Waals surface area contributed by atoms with Gasteiger partial charge < -0.3 is 30.7 Å². The Morgan fingerprint density at radius 1 is 1.26 bits per heavy atom. The van der Waals surface area contributed by atoms with Crippen molar-refractivity contribution < 1.29 is 29.3 Å². The number of aliphatic hydroxyl groups is 1. The van der Waals surface area contributed by atoms with Crippen LogP contribution < -0.4 is 22.1 Å². The molecule has 1 aromatic carbocycles. The fraction of sp³-hybridized carbons (Fsp3) is 0.500. The van der Waals surface area contributed by atoms with E-state index in [1.807, 2.05) is 10.6 Å². The number of nitrogens with two attached hydrogens (primary N) is 1. The summed E-state index contributed by atoms with van der Waals surface area (Å²) >= 11 is 0. The van der Waals surface area contributed by atoms with Crippen LogP contribution in [0, 0.1) is 5.92 Å². The molecule has 3 heterocycles. The second-order valence-electron chi connectivity index (χ2n) is 8.51. The van der Waals surface area contributed by atoms with Crippen LogP contribution in [0.5, 0.6) is 5.75 Å². The van der Waals surface area contributed by atoms with E-state index in [0.717, 1.165) is 13.5 Å². The van der Waals surface area contributed by atoms with Crippen molar-refractivity contribution in [1.82, 2.24) is 30.5 Å². The number of aliphatic hydroxyl groups excluding tert-OH is 1. The fourth-order valence-electron chi connectivity index (χ4n) is 3.69. The number of benzene rings is 1. The van der Waals surface area contributed by atoms with Crippen molar-refractivity contribution in [3.63, 3.8) is 0 Å². The molecule has 1 fully saturated rings. The number of para-hydroxylation sites is 1. The van der Waals surface area contributed by atoms with Crippen molar-refractivity contribution in [2.24, 2.45) is 5.92 Å². The van der Waals surface area contributed by atoms with Crippen molar-refractivity contribution in [2.75, 3.05) is 38.4 Å². The van der Waals surface area contributed by atoms with Crippen LogP contribution in [-0.2, 0) is 19.1 Å². The number of imidazole rings is 1. The number of fused-ring (bicyclic) bond motifs is 1. The first-order chi connectivity index (χ1) is 18.3. The van der Waals surface area contributed by atoms with Gasteiger partial charge in [-0.25, -0.2) is 10.4 Å². The van der Waals surface area contributed by atoms with Gasteiger partial charge in [0.2, 0.25) is 5.95 Å². The first-order valence-electron chi connectivity index (χ1n) is 12.1. The minimum absolute atomic E-state index is 0.00131. The van der Waals surface area contributed by atoms with E-state index in [4.69, 9.17) is 30.3 Å². The number of aromatic nitrogens is 4. The van der Waals surface area contributed by atoms with Gasteiger partial charge in [0, 0.05) is 20.1 Å². The monoisotopic (exact) mass is 534 g/mol. The van der Waals surface area contributed by atoms with Gasteiger partial charge in [0.15, 0.2) is 17.0 Å². The molecule has 0 amide bonds. The summed E-state index contributed by atoms with van der Waals surface area (Å²) in [5.74, 6) is 0.909. The Kier molecular flexibility index (Phi) is 12.6. The number of nitrogen functional groups attached to an aromatic ring is 1. The second-order valence-corrected chi connectivity index (χ2v) is 8.51. The number of carbonyl (C=O) groups is 1. The highest BCUT2D eigenvalue weighted by Gasteiger charge is 2.35. The van der Waals surface area contributed by atoms with Crippen LogP contribution in [0.1, 0.15) is 33.4 Å². The molecule has 0 saturated carbocycles. The highest BCUT2D eigenvalue weighted by atomic mass is 16.7. The SMILES string of the molecule is CNc1nc(N)nc2c1ncn2[C@@H]1OC(CONNCC(=O)OC(C)C)CC1C.CO.Oc1ccccc1. The molecule has 3 atom stereocenters. The number of aromatic hydroxyl groups is 1. The first kappa shape index (κ1) is 30.7. The Labute approximate surface area is 221 Å². The van der Waals surface area contributed by atoms with E-state index in [1.165, 1.54) is 0 Å². The standard InChI is InChI=1S/C17H28N8O4.C6H6O.CH4O/c1-9(2)28-12(26)6-21-24-27-7-11-5-10(3)16(29-11)25-8-20-13-14(19-4)22-17(18)23-15(13)25;7-6-4-2-1-3-5-6;1-2/h8-11,16,21,24H,5-7H2,1-4H3,(H3,18,19,22,23);1-5,7H;2H,1H3/t10?,11?,16-;;/m1../s1. The van der Waals surface area contributed by atoms with E-state index in [9.17, 15) is 4.79 Å². The summed E-state index contributed by atoms with van der Waals surface area (Å²) < 4.78 is 13.0. The summed E-state index contributed by atoms with van der Waals surface area (Å²) in [4.78, 5) is 29.7. The van der Waals surface area contributed by atoms with Crippen LogP contribution >= 0.6 is 0 Å². The molecule has 210 valence electrons. The molecule has 2 aromatic heterocycles. The lowest BCUT2D eigenvalue weighted by Crippen LogP contribution is -2.39. The Hall–Kier alpha value is -3.56. The number of esters is 1. The fourth-order valence-corrected chi connectivity index (χ4v) is 3.69. The van der Waals surface area contributed by atoms with Crippen molar-refractivity contribution in [2.45, 2.75) is 45.6 Å². The number of phenols is 1. The van der Waals surface area contributed by atoms with Gasteiger partial charge in [0.25, 0.3) is 0 Å². The van der Waals surface area contributed by atoms with Crippen molar-refractivity contribution in [3.05, 3.63) is 36.7 Å². The van der Waals surface area contributed by atoms with Gasteiger partial charge in [0.1, 0.15) is 18.5 Å². The molecule has 3 aromatic rings. The minimum Gasteiger partial charge on any atom is -0.508 e. The second kappa shape index (κ2) is 15.6. The Morgan fingerprint density at radius 3 is 2.58 bits per heavy atom. The lowest BCUT2D eigenvalue weighted by atomic mass is 10.1. The van der Waals surface area contributed by atoms with Gasteiger partial charge >= 0.3 is 5.97 Å². The average Bonchev–Trinajstić information content (AvgIpc) is 3.47. The number of hydrogen-bond donors (Lipinski definition) is 6. The molecular formula is C24H38N8O6. The Balaban J connectivity index is 0.000000481. The van der Waals surface area contributed by atoms with E-state index in [2.05, 4.69) is 38.2 Å². The smallest absolute Gasteiger partial charge is 0.321 e. The highest BCUT2D eigenvalue weighted by Crippen LogP contribution is 2.36. The number of phenolic OH excluding ortho intramolecular Hbond substituents is 1. The lowest BCUT2D eigenvalue weighted by molar-refractivity contribution is -0.148. The number of anilines is 2. The van der Waals surface area contributed by atoms with E-state index >= 15 is 0 Å². The number of hydrogen-bond acceptors (Lipinski definition) is 13. The molecule has 4 rings (SSSR count). The van der Waals surface area contributed by atoms with Crippen LogP contribution in [0.3, 0.4) is 0 Å². The third-order valence-electron chi connectivity index (χ3n) is 5.17. The van der Waals surface area contributed by atoms with E-state index < -0.39 is 0 Å². The van der Waals surface area contributed by atoms with E-state index in [-0.39, 0.29) is 42.8 Å². The van der Waals surface area contributed by atoms with Crippen molar-refractivity contribution in [3.8, 4) is 5.75 Å². The molecule has 0 aliphatic carbocycles. The van der Waals surface area contributed by atoms with Gasteiger partial charge in [-0.15, -0.1) is 5.59 Å². The van der Waals surface area contributed by atoms with Gasteiger partial charge in [-0.05, 0) is 32.4 Å². The quantitative estimate of drug-likeness (QED) is 0.131. The maximum atomic E-state index is 11.4. The van der Waals surface area contributed by atoms with Crippen LogP contribution in [0.4, 0.5) is 11.8 Å². The molecule has 1 aliphatic heterocycles. The Morgan fingerprint density at radius 2 is 1.97 bits per heavy atom. The molecule has 14 nitrogen and oxygen atoms in total. The zero-order chi connectivity index (χ0) is 28.1. The number of carbonyl (C=O) groups excluding carboxylic acids is 1. The normalized spacial score (nSPS) is 18.3. The molecule has 14 heteroatoms. The molecule has 1 saturated heterocycles. The largest absolute Gasteiger partial charge is 0.508 e. The summed E-state index contributed by atoms with van der Waals surface area (Å²) in [5.41, 5.74) is 12.3. The summed E-state index contributed by atoms with van der Waals surface area (Å²) in [7, 11) is 2.76. The number of nitrogens with one attached hydrogen (secondary N) is 3. The van der Waals surface area contributed by atoms with E-state index in [0.29, 0.717) is 29.3 Å². The van der Waals surface area contributed by atoms with Crippen molar-refractivity contribution >= 4 is 28.9 Å². The number of hydrazine groups is 1. The topological polar surface area (TPSA) is 191 Å². The van der Waals surface area contributed by atoms with Gasteiger partial charge in [-0.1, -0.05) is 25.1 Å². The zero-order valence-corrected chi connectivity index (χ0v) is 22.3. The molecule has 2 unspecified atom stereocenters. The predicted molar refractivity (Wildman–Crippen MR) is 142 cm³/mol. The number of ether oxygens (including phenoxy) is 2. The van der Waals surface area contributed by atoms with Gasteiger partial charge in [-0.2, -0.15) is 9.97 Å². The molecule has 1 aliphatic rings. The third-order valence-corrected chi connectivity index (χ3v) is 5.17. The predicted octanol–water partition coefficient (Wildman–Crippen LogP) is 1.35. The zero-order valence-electron chi connectivity index (χ0n) is 22.3. The minimum atomic E-state index is -0.365. The maximum Gasteiger partial charge on any atom is 0.321 e. The number of nitrogens with zero attached hydrogens (tertiary/aromatic N) is 4. The van der Waals surface area contributed by atoms with Gasteiger partial charge in [-0.3, -0.25) is 14.2 Å². The summed E-state index contributed by atoms with van der Waals surface area (Å²) in [6, 6.07) is 8.71. The highest BCUT2D eigenvalue weighted by molar-refractivity contribution is 5.84. The summed E-state index contributed by atoms with van der Waals surface area (Å²) in [6.07, 6.45) is 1.94. The number of rotatable bonds is 9. The summed E-state index contributed by atoms with van der Waals surface area (Å²) in [5, 5.41) is 18.6. The third kappa shape index (κ3) is 9.08. The van der Waals surface area contributed by atoms with Crippen LogP contribution in [0.15, 0.2) is 36.7 Å². The average molecular weight is 535 g/mol. The van der Waals surface area contributed by atoms with E-state index in [1.54, 1.807) is 51.5 Å². The summed E-state index contributed by atoms with van der Waals surface area (Å²) in [6.45, 7) is 5.98.